The van der Waals surface area contributed by atoms with Gasteiger partial charge in [0.25, 0.3) is 6.01 Å². The fraction of sp³-hybridized carbons (Fsp3) is 0.455. The Morgan fingerprint density at radius 1 is 1.24 bits per heavy atom. The van der Waals surface area contributed by atoms with E-state index in [2.05, 4.69) is 9.97 Å². The van der Waals surface area contributed by atoms with Crippen LogP contribution in [0.2, 0.25) is 0 Å². The summed E-state index contributed by atoms with van der Waals surface area (Å²) in [6, 6.07) is 3.01. The summed E-state index contributed by atoms with van der Waals surface area (Å²) < 4.78 is 37.9. The Morgan fingerprint density at radius 2 is 1.97 bits per heavy atom. The first-order chi connectivity index (χ1) is 15.6. The fourth-order valence-electron chi connectivity index (χ4n) is 4.35. The molecule has 0 N–H and O–H groups in total. The molecular weight excluding hydrogens is 454 g/mol. The van der Waals surface area contributed by atoms with Gasteiger partial charge in [-0.05, 0) is 39.3 Å². The van der Waals surface area contributed by atoms with Crippen molar-refractivity contribution in [3.05, 3.63) is 29.3 Å². The minimum Gasteiger partial charge on any atom is -0.444 e. The number of carbonyl (C=O) groups is 2. The van der Waals surface area contributed by atoms with Gasteiger partial charge in [0.1, 0.15) is 16.1 Å². The van der Waals surface area contributed by atoms with Gasteiger partial charge >= 0.3 is 12.5 Å². The molecule has 0 saturated carbocycles. The number of thiazole rings is 1. The second-order valence-electron chi connectivity index (χ2n) is 9.17. The van der Waals surface area contributed by atoms with Crippen LogP contribution in [0.4, 0.5) is 19.6 Å². The van der Waals surface area contributed by atoms with Crippen LogP contribution < -0.4 is 4.90 Å². The van der Waals surface area contributed by atoms with Gasteiger partial charge in [0.05, 0.1) is 23.2 Å². The van der Waals surface area contributed by atoms with Crippen molar-refractivity contribution in [1.82, 2.24) is 14.9 Å². The molecule has 11 heteroatoms. The second kappa shape index (κ2) is 7.75. The summed E-state index contributed by atoms with van der Waals surface area (Å²) in [6.07, 6.45) is -1.03. The van der Waals surface area contributed by atoms with E-state index in [-0.39, 0.29) is 40.9 Å². The van der Waals surface area contributed by atoms with Gasteiger partial charge in [0.2, 0.25) is 5.78 Å². The van der Waals surface area contributed by atoms with Crippen LogP contribution in [0.3, 0.4) is 0 Å². The van der Waals surface area contributed by atoms with E-state index in [9.17, 15) is 18.4 Å². The third-order valence-corrected chi connectivity index (χ3v) is 6.53. The maximum atomic E-state index is 13.2. The highest BCUT2D eigenvalue weighted by Gasteiger charge is 2.49. The lowest BCUT2D eigenvalue weighted by atomic mass is 9.88. The van der Waals surface area contributed by atoms with Crippen molar-refractivity contribution in [3.63, 3.8) is 0 Å². The quantitative estimate of drug-likeness (QED) is 0.509. The molecule has 8 nitrogen and oxygen atoms in total. The van der Waals surface area contributed by atoms with Crippen LogP contribution in [0, 0.1) is 0 Å². The molecule has 174 valence electrons. The first-order valence-corrected chi connectivity index (χ1v) is 11.4. The molecule has 5 heterocycles. The number of ketones is 1. The third-order valence-electron chi connectivity index (χ3n) is 5.73. The molecule has 3 fully saturated rings. The van der Waals surface area contributed by atoms with Gasteiger partial charge in [-0.25, -0.2) is 18.6 Å². The fourth-order valence-corrected chi connectivity index (χ4v) is 5.01. The predicted octanol–water partition coefficient (Wildman–Crippen LogP) is 4.60. The van der Waals surface area contributed by atoms with Crippen molar-refractivity contribution in [1.29, 1.82) is 0 Å². The Kier molecular flexibility index (Phi) is 5.11. The van der Waals surface area contributed by atoms with Gasteiger partial charge in [0.15, 0.2) is 5.58 Å². The number of amides is 1. The molecule has 3 saturated heterocycles. The summed E-state index contributed by atoms with van der Waals surface area (Å²) in [5, 5.41) is 2.43. The Morgan fingerprint density at radius 3 is 2.58 bits per heavy atom. The number of carbonyl (C=O) groups excluding carboxylic acids is 2. The molecule has 0 spiro atoms. The number of rotatable bonds is 4. The maximum absolute atomic E-state index is 13.2. The van der Waals surface area contributed by atoms with Gasteiger partial charge in [-0.15, -0.1) is 11.3 Å². The number of fused-ring (bicyclic) bond motifs is 3. The topological polar surface area (TPSA) is 88.8 Å². The van der Waals surface area contributed by atoms with Crippen LogP contribution in [-0.2, 0) is 4.74 Å². The van der Waals surface area contributed by atoms with E-state index in [4.69, 9.17) is 9.15 Å². The van der Waals surface area contributed by atoms with Crippen LogP contribution in [0.25, 0.3) is 21.7 Å². The van der Waals surface area contributed by atoms with E-state index in [0.717, 1.165) is 6.42 Å². The maximum Gasteiger partial charge on any atom is 0.410 e. The smallest absolute Gasteiger partial charge is 0.410 e. The van der Waals surface area contributed by atoms with E-state index in [1.807, 2.05) is 25.7 Å². The Bertz CT molecular complexity index is 1210. The van der Waals surface area contributed by atoms with Gasteiger partial charge in [-0.2, -0.15) is 4.98 Å². The second-order valence-corrected chi connectivity index (χ2v) is 10.1. The molecule has 3 aromatic rings. The Labute approximate surface area is 192 Å². The summed E-state index contributed by atoms with van der Waals surface area (Å²) in [6.45, 7) is 6.40. The molecule has 2 aromatic heterocycles. The number of benzene rings is 1. The number of anilines is 1. The SMILES string of the molecule is CC(C)(C)OC(=O)N1C2CC1CN(c1nc3c(C(=O)C(F)F)ccc(-c4nccs4)c3o1)C2. The molecule has 2 atom stereocenters. The molecule has 6 rings (SSSR count). The number of Topliss-reactive ketones (excluding diaryl/α,β-unsaturated/α-hetero) is 1. The molecule has 3 aliphatic heterocycles. The number of halogens is 2. The lowest BCUT2D eigenvalue weighted by Gasteiger charge is -2.55. The minimum absolute atomic E-state index is 0.0609. The zero-order valence-electron chi connectivity index (χ0n) is 18.2. The highest BCUT2D eigenvalue weighted by atomic mass is 32.1. The van der Waals surface area contributed by atoms with Gasteiger partial charge in [-0.1, -0.05) is 0 Å². The van der Waals surface area contributed by atoms with Crippen LogP contribution in [0.5, 0.6) is 0 Å². The molecular formula is C22H22F2N4O4S. The number of oxazole rings is 1. The van der Waals surface area contributed by atoms with Crippen molar-refractivity contribution < 1.29 is 27.5 Å². The summed E-state index contributed by atoms with van der Waals surface area (Å²) >= 11 is 1.37. The van der Waals surface area contributed by atoms with Gasteiger partial charge in [-0.3, -0.25) is 9.69 Å². The monoisotopic (exact) mass is 476 g/mol. The lowest BCUT2D eigenvalue weighted by Crippen LogP contribution is -2.70. The number of piperidine rings is 1. The van der Waals surface area contributed by atoms with Crippen molar-refractivity contribution in [2.45, 2.75) is 51.3 Å². The summed E-state index contributed by atoms with van der Waals surface area (Å²) in [4.78, 5) is 37.0. The molecule has 3 aliphatic rings. The first kappa shape index (κ1) is 21.7. The van der Waals surface area contributed by atoms with E-state index in [1.54, 1.807) is 22.5 Å². The molecule has 0 aliphatic carbocycles. The molecule has 1 aromatic carbocycles. The van der Waals surface area contributed by atoms with Crippen molar-refractivity contribution in [3.8, 4) is 10.6 Å². The zero-order valence-corrected chi connectivity index (χ0v) is 19.1. The Hall–Kier alpha value is -3.08. The highest BCUT2D eigenvalue weighted by molar-refractivity contribution is 7.13. The number of aromatic nitrogens is 2. The highest BCUT2D eigenvalue weighted by Crippen LogP contribution is 2.39. The number of piperazine rings is 1. The normalized spacial score (nSPS) is 20.3. The van der Waals surface area contributed by atoms with Gasteiger partial charge in [0, 0.05) is 24.7 Å². The van der Waals surface area contributed by atoms with Crippen LogP contribution in [0.1, 0.15) is 37.6 Å². The number of hydrogen-bond acceptors (Lipinski definition) is 8. The summed E-state index contributed by atoms with van der Waals surface area (Å²) in [5.41, 5.74) is 0.150. The molecule has 1 amide bonds. The number of hydrogen-bond donors (Lipinski definition) is 0. The summed E-state index contributed by atoms with van der Waals surface area (Å²) in [5.74, 6) is -1.30. The molecule has 2 unspecified atom stereocenters. The van der Waals surface area contributed by atoms with Crippen LogP contribution >= 0.6 is 11.3 Å². The molecule has 33 heavy (non-hydrogen) atoms. The number of alkyl halides is 2. The minimum atomic E-state index is -3.15. The van der Waals surface area contributed by atoms with E-state index in [1.165, 1.54) is 17.4 Å². The molecule has 2 bridgehead atoms. The third kappa shape index (κ3) is 3.84. The van der Waals surface area contributed by atoms with Crippen molar-refractivity contribution in [2.24, 2.45) is 0 Å². The van der Waals surface area contributed by atoms with Gasteiger partial charge < -0.3 is 14.1 Å². The lowest BCUT2D eigenvalue weighted by molar-refractivity contribution is -0.0386. The number of nitrogens with zero attached hydrogens (tertiary/aromatic N) is 4. The largest absolute Gasteiger partial charge is 0.444 e. The molecule has 0 radical (unpaired) electrons. The van der Waals surface area contributed by atoms with Crippen molar-refractivity contribution in [2.75, 3.05) is 18.0 Å². The van der Waals surface area contributed by atoms with Crippen LogP contribution in [-0.4, -0.2) is 63.9 Å². The van der Waals surface area contributed by atoms with E-state index >= 15 is 0 Å². The average Bonchev–Trinajstić information content (AvgIpc) is 3.41. The van der Waals surface area contributed by atoms with E-state index < -0.39 is 17.8 Å². The van der Waals surface area contributed by atoms with E-state index in [0.29, 0.717) is 23.7 Å². The standard InChI is InChI=1S/C22H22F2N4O4S/c1-22(2,3)32-21(30)28-11-8-12(28)10-27(9-11)20-26-15-13(16(29)18(23)24)4-5-14(17(15)31-20)19-25-6-7-33-19/h4-7,11-12,18H,8-10H2,1-3H3. The average molecular weight is 477 g/mol. The Balaban J connectivity index is 1.47. The predicted molar refractivity (Wildman–Crippen MR) is 118 cm³/mol. The number of ether oxygens (including phenoxy) is 1. The zero-order chi connectivity index (χ0) is 23.5. The van der Waals surface area contributed by atoms with Crippen LogP contribution in [0.15, 0.2) is 28.1 Å². The summed E-state index contributed by atoms with van der Waals surface area (Å²) in [7, 11) is 0. The van der Waals surface area contributed by atoms with Crippen molar-refractivity contribution >= 4 is 40.3 Å². The first-order valence-electron chi connectivity index (χ1n) is 10.5.